The number of hydrogen-bond donors (Lipinski definition) is 3. The van der Waals surface area contributed by atoms with Crippen molar-refractivity contribution in [3.63, 3.8) is 0 Å². The summed E-state index contributed by atoms with van der Waals surface area (Å²) in [6.45, 7) is 6.06. The van der Waals surface area contributed by atoms with Gasteiger partial charge in [-0.1, -0.05) is 55.5 Å². The third-order valence-electron chi connectivity index (χ3n) is 4.89. The van der Waals surface area contributed by atoms with Crippen LogP contribution < -0.4 is 5.32 Å². The molecule has 162 valence electrons. The highest BCUT2D eigenvalue weighted by Crippen LogP contribution is 2.24. The lowest BCUT2D eigenvalue weighted by Gasteiger charge is -2.21. The summed E-state index contributed by atoms with van der Waals surface area (Å²) in [5, 5.41) is 23.2. The largest absolute Gasteiger partial charge is 0.508 e. The molecule has 0 saturated carbocycles. The molecule has 2 atom stereocenters. The van der Waals surface area contributed by atoms with Gasteiger partial charge in [0.25, 0.3) is 0 Å². The van der Waals surface area contributed by atoms with Gasteiger partial charge in [0.1, 0.15) is 5.75 Å². The highest BCUT2D eigenvalue weighted by atomic mass is 79.9. The van der Waals surface area contributed by atoms with Crippen LogP contribution in [0.3, 0.4) is 0 Å². The number of phenolic OH excluding ortho intramolecular Hbond substituents is 1. The minimum atomic E-state index is -0.745. The number of carboxylic acid groups (broad SMARTS) is 1. The molecule has 3 rings (SSSR count). The number of aromatic hydroxyl groups is 1. The Bertz CT molecular complexity index is 915. The Kier molecular flexibility index (Phi) is 11.2. The molecule has 3 aromatic carbocycles. The van der Waals surface area contributed by atoms with E-state index in [0.717, 1.165) is 23.6 Å². The van der Waals surface area contributed by atoms with Gasteiger partial charge < -0.3 is 15.5 Å². The second kappa shape index (κ2) is 13.0. The van der Waals surface area contributed by atoms with Crippen LogP contribution in [0.15, 0.2) is 66.7 Å². The van der Waals surface area contributed by atoms with Crippen LogP contribution in [0.2, 0.25) is 0 Å². The normalized spacial score (nSPS) is 12.2. The van der Waals surface area contributed by atoms with Gasteiger partial charge in [0.15, 0.2) is 0 Å². The molecule has 0 fully saturated rings. The maximum atomic E-state index is 9.57. The van der Waals surface area contributed by atoms with E-state index in [4.69, 9.17) is 5.11 Å². The SMILES string of the molecule is Br.CC(CCc1ccccc1)NC(C)c1ccc2cc(O)ccc2c1.CCC(=O)O. The van der Waals surface area contributed by atoms with Gasteiger partial charge >= 0.3 is 5.97 Å². The van der Waals surface area contributed by atoms with Crippen molar-refractivity contribution in [2.75, 3.05) is 0 Å². The molecular formula is C25H32BrNO3. The predicted molar refractivity (Wildman–Crippen MR) is 130 cm³/mol. The Hall–Kier alpha value is -2.37. The van der Waals surface area contributed by atoms with Crippen molar-refractivity contribution in [3.05, 3.63) is 77.9 Å². The Labute approximate surface area is 189 Å². The minimum absolute atomic E-state index is 0. The summed E-state index contributed by atoms with van der Waals surface area (Å²) >= 11 is 0. The lowest BCUT2D eigenvalue weighted by molar-refractivity contribution is -0.136. The van der Waals surface area contributed by atoms with Gasteiger partial charge in [-0.3, -0.25) is 4.79 Å². The van der Waals surface area contributed by atoms with Gasteiger partial charge in [0, 0.05) is 18.5 Å². The third kappa shape index (κ3) is 8.56. The first-order valence-electron chi connectivity index (χ1n) is 10.1. The molecule has 4 nitrogen and oxygen atoms in total. The molecular weight excluding hydrogens is 442 g/mol. The number of benzene rings is 3. The quantitative estimate of drug-likeness (QED) is 0.377. The van der Waals surface area contributed by atoms with E-state index in [9.17, 15) is 9.90 Å². The molecule has 0 amide bonds. The third-order valence-corrected chi connectivity index (χ3v) is 4.89. The average Bonchev–Trinajstić information content (AvgIpc) is 2.73. The number of fused-ring (bicyclic) bond motifs is 1. The molecule has 0 saturated heterocycles. The van der Waals surface area contributed by atoms with E-state index >= 15 is 0 Å². The van der Waals surface area contributed by atoms with Crippen LogP contribution in [0.5, 0.6) is 5.75 Å². The number of carboxylic acids is 1. The zero-order valence-electron chi connectivity index (χ0n) is 17.8. The zero-order chi connectivity index (χ0) is 21.2. The molecule has 30 heavy (non-hydrogen) atoms. The fourth-order valence-corrected chi connectivity index (χ4v) is 3.16. The van der Waals surface area contributed by atoms with Gasteiger partial charge in [0.05, 0.1) is 0 Å². The van der Waals surface area contributed by atoms with E-state index < -0.39 is 5.97 Å². The first-order valence-corrected chi connectivity index (χ1v) is 10.1. The van der Waals surface area contributed by atoms with Crippen LogP contribution in [-0.4, -0.2) is 22.2 Å². The van der Waals surface area contributed by atoms with E-state index in [1.807, 2.05) is 6.07 Å². The molecule has 0 aliphatic heterocycles. The van der Waals surface area contributed by atoms with Crippen LogP contribution in [0.25, 0.3) is 10.8 Å². The predicted octanol–water partition coefficient (Wildman–Crippen LogP) is 6.28. The molecule has 0 bridgehead atoms. The molecule has 0 radical (unpaired) electrons. The van der Waals surface area contributed by atoms with Crippen molar-refractivity contribution in [2.24, 2.45) is 0 Å². The fraction of sp³-hybridized carbons (Fsp3) is 0.320. The van der Waals surface area contributed by atoms with Crippen molar-refractivity contribution in [3.8, 4) is 5.75 Å². The number of halogens is 1. The van der Waals surface area contributed by atoms with Gasteiger partial charge in [0.2, 0.25) is 0 Å². The topological polar surface area (TPSA) is 69.6 Å². The first kappa shape index (κ1) is 25.7. The molecule has 0 spiro atoms. The highest BCUT2D eigenvalue weighted by Gasteiger charge is 2.10. The molecule has 3 N–H and O–H groups in total. The zero-order valence-corrected chi connectivity index (χ0v) is 19.6. The van der Waals surface area contributed by atoms with Crippen LogP contribution in [0.1, 0.15) is 50.8 Å². The number of phenols is 1. The lowest BCUT2D eigenvalue weighted by Crippen LogP contribution is -2.29. The highest BCUT2D eigenvalue weighted by molar-refractivity contribution is 8.93. The average molecular weight is 474 g/mol. The summed E-state index contributed by atoms with van der Waals surface area (Å²) in [5.74, 6) is -0.430. The Morgan fingerprint density at radius 1 is 0.967 bits per heavy atom. The Morgan fingerprint density at radius 3 is 2.20 bits per heavy atom. The molecule has 3 aromatic rings. The summed E-state index contributed by atoms with van der Waals surface area (Å²) < 4.78 is 0. The summed E-state index contributed by atoms with van der Waals surface area (Å²) in [6, 6.07) is 23.3. The molecule has 0 aliphatic rings. The number of nitrogens with one attached hydrogen (secondary N) is 1. The summed E-state index contributed by atoms with van der Waals surface area (Å²) in [7, 11) is 0. The van der Waals surface area contributed by atoms with Gasteiger partial charge in [-0.15, -0.1) is 17.0 Å². The van der Waals surface area contributed by atoms with E-state index in [0.29, 0.717) is 17.8 Å². The molecule has 0 heterocycles. The van der Waals surface area contributed by atoms with E-state index in [1.54, 1.807) is 19.1 Å². The number of hydrogen-bond acceptors (Lipinski definition) is 3. The van der Waals surface area contributed by atoms with E-state index in [1.165, 1.54) is 11.1 Å². The van der Waals surface area contributed by atoms with Gasteiger partial charge in [-0.25, -0.2) is 0 Å². The van der Waals surface area contributed by atoms with Crippen molar-refractivity contribution in [2.45, 2.75) is 52.1 Å². The molecule has 0 aromatic heterocycles. The number of carbonyl (C=O) groups is 1. The smallest absolute Gasteiger partial charge is 0.303 e. The second-order valence-corrected chi connectivity index (χ2v) is 7.35. The summed E-state index contributed by atoms with van der Waals surface area (Å²) in [4.78, 5) is 9.37. The van der Waals surface area contributed by atoms with Crippen molar-refractivity contribution < 1.29 is 15.0 Å². The maximum Gasteiger partial charge on any atom is 0.303 e. The minimum Gasteiger partial charge on any atom is -0.508 e. The van der Waals surface area contributed by atoms with Gasteiger partial charge in [-0.05, 0) is 66.8 Å². The van der Waals surface area contributed by atoms with E-state index in [-0.39, 0.29) is 23.4 Å². The second-order valence-electron chi connectivity index (χ2n) is 7.35. The first-order chi connectivity index (χ1) is 13.9. The Morgan fingerprint density at radius 2 is 1.57 bits per heavy atom. The van der Waals surface area contributed by atoms with Crippen molar-refractivity contribution >= 4 is 33.7 Å². The monoisotopic (exact) mass is 473 g/mol. The van der Waals surface area contributed by atoms with Crippen LogP contribution in [-0.2, 0) is 11.2 Å². The van der Waals surface area contributed by atoms with Crippen LogP contribution in [0.4, 0.5) is 0 Å². The molecule has 5 heteroatoms. The van der Waals surface area contributed by atoms with Crippen LogP contribution >= 0.6 is 17.0 Å². The molecule has 2 unspecified atom stereocenters. The lowest BCUT2D eigenvalue weighted by atomic mass is 10.0. The Balaban J connectivity index is 0.000000674. The number of rotatable bonds is 7. The summed E-state index contributed by atoms with van der Waals surface area (Å²) in [6.07, 6.45) is 2.44. The number of aliphatic carboxylic acids is 1. The molecule has 0 aliphatic carbocycles. The van der Waals surface area contributed by atoms with Crippen LogP contribution in [0, 0.1) is 0 Å². The number of aryl methyl sites for hydroxylation is 1. The van der Waals surface area contributed by atoms with E-state index in [2.05, 4.69) is 67.7 Å². The van der Waals surface area contributed by atoms with Crippen molar-refractivity contribution in [1.29, 1.82) is 0 Å². The maximum absolute atomic E-state index is 9.57. The summed E-state index contributed by atoms with van der Waals surface area (Å²) in [5.41, 5.74) is 2.67. The standard InChI is InChI=1S/C22H25NO.C3H6O2.BrH/c1-16(8-9-18-6-4-3-5-7-18)23-17(2)19-10-11-21-15-22(24)13-12-20(21)14-19;1-2-3(4)5;/h3-7,10-17,23-24H,8-9H2,1-2H3;2H2,1H3,(H,4,5);1H. The fourth-order valence-electron chi connectivity index (χ4n) is 3.16. The van der Waals surface area contributed by atoms with Crippen molar-refractivity contribution in [1.82, 2.24) is 5.32 Å². The van der Waals surface area contributed by atoms with Gasteiger partial charge in [-0.2, -0.15) is 0 Å².